The topological polar surface area (TPSA) is 97.4 Å². The summed E-state index contributed by atoms with van der Waals surface area (Å²) in [6.45, 7) is -0.131. The molecule has 0 fully saturated rings. The number of benzene rings is 2. The maximum absolute atomic E-state index is 13.3. The van der Waals surface area contributed by atoms with Gasteiger partial charge in [-0.05, 0) is 18.2 Å². The molecular weight excluding hydrogens is 484 g/mol. The van der Waals surface area contributed by atoms with Crippen molar-refractivity contribution in [3.63, 3.8) is 0 Å². The summed E-state index contributed by atoms with van der Waals surface area (Å²) in [5, 5.41) is 8.89. The standard InChI is InChI=1S/C20H17Cl3FN5O3/c1-31-14-6-13(18(22)20(32-2)19(14)23)25-8-17(30)29-16-7-15(26-9-27-16)28-10-3-4-12(24)11(21)5-10/h3-7,9,25H,8H2,1-2H3,(H2,26,27,28,29,30). The number of hydrogen-bond donors (Lipinski definition) is 3. The summed E-state index contributed by atoms with van der Waals surface area (Å²) in [5.74, 6) is 0.257. The van der Waals surface area contributed by atoms with Crippen LogP contribution in [-0.2, 0) is 4.79 Å². The van der Waals surface area contributed by atoms with Crippen molar-refractivity contribution in [3.05, 3.63) is 57.5 Å². The van der Waals surface area contributed by atoms with Crippen molar-refractivity contribution in [2.24, 2.45) is 0 Å². The molecule has 0 aliphatic heterocycles. The molecule has 3 aromatic rings. The minimum absolute atomic E-state index is 0.0298. The lowest BCUT2D eigenvalue weighted by Crippen LogP contribution is -2.22. The summed E-state index contributed by atoms with van der Waals surface area (Å²) in [6, 6.07) is 7.22. The van der Waals surface area contributed by atoms with Crippen LogP contribution in [-0.4, -0.2) is 36.6 Å². The Hall–Kier alpha value is -3.01. The largest absolute Gasteiger partial charge is 0.495 e. The first-order chi connectivity index (χ1) is 15.3. The lowest BCUT2D eigenvalue weighted by molar-refractivity contribution is -0.114. The normalized spacial score (nSPS) is 10.4. The van der Waals surface area contributed by atoms with Gasteiger partial charge in [0.05, 0.1) is 31.5 Å². The maximum atomic E-state index is 13.3. The Morgan fingerprint density at radius 1 is 1.03 bits per heavy atom. The number of rotatable bonds is 8. The third kappa shape index (κ3) is 5.61. The van der Waals surface area contributed by atoms with Gasteiger partial charge in [-0.1, -0.05) is 34.8 Å². The van der Waals surface area contributed by atoms with E-state index in [4.69, 9.17) is 44.3 Å². The third-order valence-electron chi connectivity index (χ3n) is 4.12. The molecule has 3 N–H and O–H groups in total. The van der Waals surface area contributed by atoms with Gasteiger partial charge in [0.15, 0.2) is 5.75 Å². The fourth-order valence-electron chi connectivity index (χ4n) is 2.62. The zero-order chi connectivity index (χ0) is 23.3. The highest BCUT2D eigenvalue weighted by Gasteiger charge is 2.17. The van der Waals surface area contributed by atoms with E-state index in [1.165, 1.54) is 44.8 Å². The summed E-state index contributed by atoms with van der Waals surface area (Å²) < 4.78 is 23.7. The average Bonchev–Trinajstić information content (AvgIpc) is 2.76. The zero-order valence-corrected chi connectivity index (χ0v) is 19.1. The van der Waals surface area contributed by atoms with E-state index in [2.05, 4.69) is 25.9 Å². The summed E-state index contributed by atoms with van der Waals surface area (Å²) in [4.78, 5) is 20.5. The van der Waals surface area contributed by atoms with Gasteiger partial charge in [-0.2, -0.15) is 0 Å². The van der Waals surface area contributed by atoms with E-state index in [1.54, 1.807) is 6.07 Å². The molecule has 3 rings (SSSR count). The van der Waals surface area contributed by atoms with Gasteiger partial charge in [0.25, 0.3) is 0 Å². The van der Waals surface area contributed by atoms with Gasteiger partial charge < -0.3 is 25.4 Å². The molecule has 0 unspecified atom stereocenters. The molecule has 0 aliphatic carbocycles. The lowest BCUT2D eigenvalue weighted by atomic mass is 10.2. The molecule has 0 bridgehead atoms. The molecule has 1 amide bonds. The minimum atomic E-state index is -0.531. The van der Waals surface area contributed by atoms with Crippen LogP contribution in [0.3, 0.4) is 0 Å². The molecule has 12 heteroatoms. The fraction of sp³-hybridized carbons (Fsp3) is 0.150. The number of amides is 1. The SMILES string of the molecule is COc1cc(NCC(=O)Nc2cc(Nc3ccc(F)c(Cl)c3)ncn2)c(Cl)c(OC)c1Cl. The van der Waals surface area contributed by atoms with E-state index >= 15 is 0 Å². The second kappa shape index (κ2) is 10.5. The molecule has 0 radical (unpaired) electrons. The van der Waals surface area contributed by atoms with E-state index in [0.717, 1.165) is 0 Å². The van der Waals surface area contributed by atoms with Crippen molar-refractivity contribution in [1.29, 1.82) is 0 Å². The first kappa shape index (κ1) is 23.6. The number of ether oxygens (including phenoxy) is 2. The highest BCUT2D eigenvalue weighted by molar-refractivity contribution is 6.39. The predicted molar refractivity (Wildman–Crippen MR) is 123 cm³/mol. The molecule has 0 atom stereocenters. The Labute approximate surface area is 198 Å². The summed E-state index contributed by atoms with van der Waals surface area (Å²) in [6.07, 6.45) is 1.27. The Bertz CT molecular complexity index is 1150. The van der Waals surface area contributed by atoms with Crippen molar-refractivity contribution in [1.82, 2.24) is 9.97 Å². The Morgan fingerprint density at radius 2 is 1.78 bits per heavy atom. The van der Waals surface area contributed by atoms with Gasteiger partial charge in [-0.3, -0.25) is 4.79 Å². The van der Waals surface area contributed by atoms with Crippen LogP contribution < -0.4 is 25.4 Å². The lowest BCUT2D eigenvalue weighted by Gasteiger charge is -2.15. The highest BCUT2D eigenvalue weighted by Crippen LogP contribution is 2.44. The number of nitrogens with one attached hydrogen (secondary N) is 3. The van der Waals surface area contributed by atoms with Crippen LogP contribution in [0, 0.1) is 5.82 Å². The van der Waals surface area contributed by atoms with Crippen LogP contribution in [0.15, 0.2) is 36.7 Å². The van der Waals surface area contributed by atoms with Crippen molar-refractivity contribution in [2.75, 3.05) is 36.7 Å². The number of carbonyl (C=O) groups is 1. The molecule has 2 aromatic carbocycles. The van der Waals surface area contributed by atoms with E-state index in [0.29, 0.717) is 22.9 Å². The van der Waals surface area contributed by atoms with Gasteiger partial charge in [0.2, 0.25) is 5.91 Å². The van der Waals surface area contributed by atoms with E-state index in [1.807, 2.05) is 0 Å². The van der Waals surface area contributed by atoms with Crippen LogP contribution in [0.1, 0.15) is 0 Å². The van der Waals surface area contributed by atoms with Gasteiger partial charge in [0, 0.05) is 17.8 Å². The third-order valence-corrected chi connectivity index (χ3v) is 5.14. The molecule has 1 heterocycles. The monoisotopic (exact) mass is 499 g/mol. The molecular formula is C20H17Cl3FN5O3. The van der Waals surface area contributed by atoms with Crippen molar-refractivity contribution in [3.8, 4) is 11.5 Å². The second-order valence-electron chi connectivity index (χ2n) is 6.23. The van der Waals surface area contributed by atoms with Crippen molar-refractivity contribution < 1.29 is 18.7 Å². The molecule has 168 valence electrons. The molecule has 1 aromatic heterocycles. The van der Waals surface area contributed by atoms with Gasteiger partial charge in [-0.15, -0.1) is 0 Å². The minimum Gasteiger partial charge on any atom is -0.495 e. The summed E-state index contributed by atoms with van der Waals surface area (Å²) in [5.41, 5.74) is 0.924. The zero-order valence-electron chi connectivity index (χ0n) is 16.8. The predicted octanol–water partition coefficient (Wildman–Crippen LogP) is 5.39. The Kier molecular flexibility index (Phi) is 7.79. The van der Waals surface area contributed by atoms with Crippen LogP contribution in [0.5, 0.6) is 11.5 Å². The maximum Gasteiger partial charge on any atom is 0.244 e. The number of halogens is 4. The van der Waals surface area contributed by atoms with Crippen LogP contribution >= 0.6 is 34.8 Å². The fourth-order valence-corrected chi connectivity index (χ4v) is 3.45. The first-order valence-electron chi connectivity index (χ1n) is 9.00. The number of hydrogen-bond acceptors (Lipinski definition) is 7. The van der Waals surface area contributed by atoms with Crippen LogP contribution in [0.4, 0.5) is 27.4 Å². The first-order valence-corrected chi connectivity index (χ1v) is 10.1. The Morgan fingerprint density at radius 3 is 2.47 bits per heavy atom. The molecule has 0 saturated heterocycles. The van der Waals surface area contributed by atoms with Crippen LogP contribution in [0.2, 0.25) is 15.1 Å². The molecule has 0 aliphatic rings. The van der Waals surface area contributed by atoms with Crippen molar-refractivity contribution in [2.45, 2.75) is 0 Å². The van der Waals surface area contributed by atoms with E-state index in [9.17, 15) is 9.18 Å². The van der Waals surface area contributed by atoms with Gasteiger partial charge >= 0.3 is 0 Å². The van der Waals surface area contributed by atoms with Gasteiger partial charge in [-0.25, -0.2) is 14.4 Å². The second-order valence-corrected chi connectivity index (χ2v) is 7.39. The molecule has 0 saturated carbocycles. The van der Waals surface area contributed by atoms with Crippen LogP contribution in [0.25, 0.3) is 0 Å². The van der Waals surface area contributed by atoms with E-state index < -0.39 is 11.7 Å². The number of anilines is 4. The summed E-state index contributed by atoms with van der Waals surface area (Å²) in [7, 11) is 2.87. The van der Waals surface area contributed by atoms with Crippen molar-refractivity contribution >= 4 is 63.7 Å². The number of aromatic nitrogens is 2. The Balaban J connectivity index is 1.66. The van der Waals surface area contributed by atoms with Gasteiger partial charge in [0.1, 0.15) is 39.6 Å². The molecule has 0 spiro atoms. The molecule has 32 heavy (non-hydrogen) atoms. The highest BCUT2D eigenvalue weighted by atomic mass is 35.5. The number of carbonyl (C=O) groups excluding carboxylic acids is 1. The molecule has 8 nitrogen and oxygen atoms in total. The number of methoxy groups -OCH3 is 2. The average molecular weight is 501 g/mol. The number of nitrogens with zero attached hydrogens (tertiary/aromatic N) is 2. The smallest absolute Gasteiger partial charge is 0.244 e. The summed E-state index contributed by atoms with van der Waals surface area (Å²) >= 11 is 18.2. The van der Waals surface area contributed by atoms with E-state index in [-0.39, 0.29) is 33.2 Å². The quantitative estimate of drug-likeness (QED) is 0.382.